The second-order valence-corrected chi connectivity index (χ2v) is 7.68. The van der Waals surface area contributed by atoms with Crippen LogP contribution in [0.2, 0.25) is 0 Å². The van der Waals surface area contributed by atoms with Crippen LogP contribution in [0, 0.1) is 5.82 Å². The molecule has 1 atom stereocenters. The second-order valence-electron chi connectivity index (χ2n) is 7.68. The zero-order valence-electron chi connectivity index (χ0n) is 18.1. The van der Waals surface area contributed by atoms with E-state index in [1.54, 1.807) is 68.7 Å². The van der Waals surface area contributed by atoms with Crippen LogP contribution >= 0.6 is 0 Å². The molecule has 0 bridgehead atoms. The number of hydrogen-bond donors (Lipinski definition) is 2. The predicted octanol–water partition coefficient (Wildman–Crippen LogP) is 3.46. The summed E-state index contributed by atoms with van der Waals surface area (Å²) >= 11 is 0. The Morgan fingerprint density at radius 1 is 1.15 bits per heavy atom. The van der Waals surface area contributed by atoms with E-state index in [0.717, 1.165) is 0 Å². The molecule has 0 aliphatic rings. The van der Waals surface area contributed by atoms with Crippen molar-refractivity contribution in [3.63, 3.8) is 0 Å². The third kappa shape index (κ3) is 4.18. The smallest absolute Gasteiger partial charge is 0.307 e. The van der Waals surface area contributed by atoms with Gasteiger partial charge < -0.3 is 15.7 Å². The van der Waals surface area contributed by atoms with Gasteiger partial charge in [0.05, 0.1) is 17.5 Å². The Kier molecular flexibility index (Phi) is 5.89. The molecule has 2 heterocycles. The van der Waals surface area contributed by atoms with Gasteiger partial charge in [-0.05, 0) is 36.8 Å². The third-order valence-corrected chi connectivity index (χ3v) is 5.35. The van der Waals surface area contributed by atoms with Crippen LogP contribution < -0.4 is 10.6 Å². The first-order chi connectivity index (χ1) is 15.8. The first-order valence-corrected chi connectivity index (χ1v) is 10.3. The lowest BCUT2D eigenvalue weighted by molar-refractivity contribution is -0.136. The predicted molar refractivity (Wildman–Crippen MR) is 121 cm³/mol. The van der Waals surface area contributed by atoms with Crippen LogP contribution in [-0.4, -0.2) is 38.6 Å². The molecule has 168 valence electrons. The number of anilines is 1. The number of nitrogens with zero attached hydrogens (tertiary/aromatic N) is 4. The summed E-state index contributed by atoms with van der Waals surface area (Å²) < 4.78 is 16.6. The number of nitrogens with two attached hydrogens (primary N) is 1. The molecule has 2 aromatic heterocycles. The standard InChI is InChI=1S/C24H22FN5O3/c1-14(26)16-8-5-9-17(21(16)25)23-27-22(19-11-6-12-30(19)28-23)24(33)29(2)18-10-4-3-7-15(18)13-20(31)32/h3-12,14H,13,26H2,1-2H3,(H,31,32)/t14-/m1/s1. The van der Waals surface area contributed by atoms with Crippen LogP contribution in [0.1, 0.15) is 34.6 Å². The molecule has 0 radical (unpaired) electrons. The van der Waals surface area contributed by atoms with E-state index >= 15 is 4.39 Å². The number of hydrogen-bond acceptors (Lipinski definition) is 5. The summed E-state index contributed by atoms with van der Waals surface area (Å²) in [4.78, 5) is 30.5. The van der Waals surface area contributed by atoms with Crippen molar-refractivity contribution in [1.29, 1.82) is 0 Å². The van der Waals surface area contributed by atoms with Gasteiger partial charge >= 0.3 is 5.97 Å². The van der Waals surface area contributed by atoms with Crippen LogP contribution in [0.15, 0.2) is 60.8 Å². The van der Waals surface area contributed by atoms with Crippen molar-refractivity contribution in [2.24, 2.45) is 5.73 Å². The molecule has 0 saturated carbocycles. The van der Waals surface area contributed by atoms with Crippen LogP contribution in [0.4, 0.5) is 10.1 Å². The summed E-state index contributed by atoms with van der Waals surface area (Å²) in [5.74, 6) is -2.00. The highest BCUT2D eigenvalue weighted by Crippen LogP contribution is 2.27. The Labute approximate surface area is 189 Å². The minimum Gasteiger partial charge on any atom is -0.481 e. The van der Waals surface area contributed by atoms with Crippen molar-refractivity contribution in [3.05, 3.63) is 83.4 Å². The molecular weight excluding hydrogens is 425 g/mol. The molecule has 0 aliphatic heterocycles. The average Bonchev–Trinajstić information content (AvgIpc) is 3.26. The summed E-state index contributed by atoms with van der Waals surface area (Å²) in [6, 6.07) is 14.4. The summed E-state index contributed by atoms with van der Waals surface area (Å²) in [5.41, 5.74) is 7.75. The highest BCUT2D eigenvalue weighted by atomic mass is 19.1. The van der Waals surface area contributed by atoms with Crippen LogP contribution in [0.5, 0.6) is 0 Å². The van der Waals surface area contributed by atoms with Gasteiger partial charge in [0.1, 0.15) is 5.82 Å². The number of para-hydroxylation sites is 1. The number of rotatable bonds is 6. The first kappa shape index (κ1) is 22.1. The Bertz CT molecular complexity index is 1370. The average molecular weight is 447 g/mol. The van der Waals surface area contributed by atoms with Crippen LogP contribution in [-0.2, 0) is 11.2 Å². The summed E-state index contributed by atoms with van der Waals surface area (Å²) in [6.45, 7) is 1.68. The molecule has 0 spiro atoms. The van der Waals surface area contributed by atoms with Crippen molar-refractivity contribution in [3.8, 4) is 11.4 Å². The maximum atomic E-state index is 15.1. The van der Waals surface area contributed by atoms with E-state index in [9.17, 15) is 14.7 Å². The largest absolute Gasteiger partial charge is 0.481 e. The number of aliphatic carboxylic acids is 1. The van der Waals surface area contributed by atoms with Gasteiger partial charge in [0.2, 0.25) is 0 Å². The summed E-state index contributed by atoms with van der Waals surface area (Å²) in [6.07, 6.45) is 1.40. The molecule has 0 aliphatic carbocycles. The van der Waals surface area contributed by atoms with Crippen LogP contribution in [0.3, 0.4) is 0 Å². The van der Waals surface area contributed by atoms with Gasteiger partial charge in [0.15, 0.2) is 11.5 Å². The molecule has 33 heavy (non-hydrogen) atoms. The van der Waals surface area contributed by atoms with E-state index in [1.807, 2.05) is 0 Å². The molecule has 1 amide bonds. The Hall–Kier alpha value is -4.11. The second kappa shape index (κ2) is 8.79. The van der Waals surface area contributed by atoms with E-state index in [-0.39, 0.29) is 23.5 Å². The maximum absolute atomic E-state index is 15.1. The van der Waals surface area contributed by atoms with Crippen molar-refractivity contribution in [2.45, 2.75) is 19.4 Å². The lowest BCUT2D eigenvalue weighted by Gasteiger charge is -2.20. The fourth-order valence-corrected chi connectivity index (χ4v) is 3.70. The van der Waals surface area contributed by atoms with Gasteiger partial charge in [0, 0.05) is 30.5 Å². The molecule has 0 saturated heterocycles. The zero-order valence-corrected chi connectivity index (χ0v) is 18.1. The fraction of sp³-hybridized carbons (Fsp3) is 0.167. The van der Waals surface area contributed by atoms with Gasteiger partial charge in [-0.25, -0.2) is 13.9 Å². The number of carbonyl (C=O) groups excluding carboxylic acids is 1. The Morgan fingerprint density at radius 2 is 1.91 bits per heavy atom. The van der Waals surface area contributed by atoms with E-state index < -0.39 is 23.7 Å². The highest BCUT2D eigenvalue weighted by Gasteiger charge is 2.24. The third-order valence-electron chi connectivity index (χ3n) is 5.35. The Morgan fingerprint density at radius 3 is 2.64 bits per heavy atom. The lowest BCUT2D eigenvalue weighted by Crippen LogP contribution is -2.29. The number of aromatic nitrogens is 3. The normalized spacial score (nSPS) is 12.0. The first-order valence-electron chi connectivity index (χ1n) is 10.3. The maximum Gasteiger partial charge on any atom is 0.307 e. The van der Waals surface area contributed by atoms with Crippen molar-refractivity contribution in [2.75, 3.05) is 11.9 Å². The van der Waals surface area contributed by atoms with Gasteiger partial charge in [-0.2, -0.15) is 0 Å². The number of carboxylic acids is 1. The van der Waals surface area contributed by atoms with Crippen molar-refractivity contribution >= 4 is 23.1 Å². The SMILES string of the molecule is C[C@@H](N)c1cccc(-c2nc(C(=O)N(C)c3ccccc3CC(=O)O)c3cccn3n2)c1F. The van der Waals surface area contributed by atoms with E-state index in [1.165, 1.54) is 15.5 Å². The zero-order chi connectivity index (χ0) is 23.7. The topological polar surface area (TPSA) is 114 Å². The number of halogens is 1. The molecule has 4 aromatic rings. The minimum absolute atomic E-state index is 0.0364. The molecule has 8 nitrogen and oxygen atoms in total. The molecule has 3 N–H and O–H groups in total. The number of fused-ring (bicyclic) bond motifs is 1. The van der Waals surface area contributed by atoms with Gasteiger partial charge in [-0.3, -0.25) is 9.59 Å². The van der Waals surface area contributed by atoms with Gasteiger partial charge in [-0.15, -0.1) is 5.10 Å². The minimum atomic E-state index is -1.01. The molecule has 0 unspecified atom stereocenters. The van der Waals surface area contributed by atoms with Crippen molar-refractivity contribution < 1.29 is 19.1 Å². The Balaban J connectivity index is 1.83. The molecular formula is C24H22FN5O3. The molecule has 9 heteroatoms. The fourth-order valence-electron chi connectivity index (χ4n) is 3.70. The molecule has 0 fully saturated rings. The van der Waals surface area contributed by atoms with E-state index in [4.69, 9.17) is 5.73 Å². The van der Waals surface area contributed by atoms with E-state index in [2.05, 4.69) is 10.1 Å². The van der Waals surface area contributed by atoms with E-state index in [0.29, 0.717) is 22.3 Å². The van der Waals surface area contributed by atoms with Crippen molar-refractivity contribution in [1.82, 2.24) is 14.6 Å². The quantitative estimate of drug-likeness (QED) is 0.468. The molecule has 2 aromatic carbocycles. The number of benzene rings is 2. The monoisotopic (exact) mass is 447 g/mol. The summed E-state index contributed by atoms with van der Waals surface area (Å²) in [7, 11) is 1.54. The van der Waals surface area contributed by atoms with Gasteiger partial charge in [-0.1, -0.05) is 30.3 Å². The number of carbonyl (C=O) groups is 2. The summed E-state index contributed by atoms with van der Waals surface area (Å²) in [5, 5.41) is 13.6. The molecule has 4 rings (SSSR count). The number of carboxylic acid groups (broad SMARTS) is 1. The lowest BCUT2D eigenvalue weighted by atomic mass is 10.0. The highest BCUT2D eigenvalue weighted by molar-refractivity contribution is 6.09. The number of amides is 1. The van der Waals surface area contributed by atoms with Crippen LogP contribution in [0.25, 0.3) is 16.9 Å². The van der Waals surface area contributed by atoms with Gasteiger partial charge in [0.25, 0.3) is 5.91 Å².